The number of nitrogens with zero attached hydrogens (tertiary/aromatic N) is 1. The van der Waals surface area contributed by atoms with E-state index in [1.807, 2.05) is 0 Å². The molecule has 88 valence electrons. The maximum atomic E-state index is 6.11. The third kappa shape index (κ3) is 2.36. The van der Waals surface area contributed by atoms with Gasteiger partial charge in [-0.1, -0.05) is 18.2 Å². The summed E-state index contributed by atoms with van der Waals surface area (Å²) < 4.78 is 5.09. The Kier molecular flexibility index (Phi) is 3.80. The van der Waals surface area contributed by atoms with Crippen LogP contribution >= 0.6 is 0 Å². The number of rotatable bonds is 4. The predicted octanol–water partition coefficient (Wildman–Crippen LogP) is 1.93. The second-order valence-electron chi connectivity index (χ2n) is 4.29. The SMILES string of the molecule is COCCCN1CCC(N)c2ccccc21. The molecule has 0 saturated carbocycles. The predicted molar refractivity (Wildman–Crippen MR) is 66.7 cm³/mol. The van der Waals surface area contributed by atoms with Crippen LogP contribution in [-0.4, -0.2) is 26.8 Å². The van der Waals surface area contributed by atoms with Gasteiger partial charge in [0, 0.05) is 38.5 Å². The molecule has 1 heterocycles. The molecule has 0 aromatic heterocycles. The number of ether oxygens (including phenoxy) is 1. The van der Waals surface area contributed by atoms with Crippen molar-refractivity contribution in [2.24, 2.45) is 5.73 Å². The van der Waals surface area contributed by atoms with Gasteiger partial charge in [0.2, 0.25) is 0 Å². The Morgan fingerprint density at radius 3 is 3.06 bits per heavy atom. The van der Waals surface area contributed by atoms with Gasteiger partial charge in [0.1, 0.15) is 0 Å². The van der Waals surface area contributed by atoms with E-state index in [0.717, 1.165) is 32.5 Å². The third-order valence-corrected chi connectivity index (χ3v) is 3.16. The van der Waals surface area contributed by atoms with Crippen LogP contribution in [0.25, 0.3) is 0 Å². The molecule has 0 bridgehead atoms. The third-order valence-electron chi connectivity index (χ3n) is 3.16. The summed E-state index contributed by atoms with van der Waals surface area (Å²) in [5, 5.41) is 0. The van der Waals surface area contributed by atoms with Crippen molar-refractivity contribution in [2.75, 3.05) is 31.7 Å². The Morgan fingerprint density at radius 1 is 1.44 bits per heavy atom. The first-order chi connectivity index (χ1) is 7.83. The Bertz CT molecular complexity index is 340. The lowest BCUT2D eigenvalue weighted by Crippen LogP contribution is -2.34. The minimum absolute atomic E-state index is 0.204. The Labute approximate surface area is 97.2 Å². The number of nitrogens with two attached hydrogens (primary N) is 1. The van der Waals surface area contributed by atoms with Crippen molar-refractivity contribution < 1.29 is 4.74 Å². The Balaban J connectivity index is 2.09. The first-order valence-corrected chi connectivity index (χ1v) is 5.91. The highest BCUT2D eigenvalue weighted by atomic mass is 16.5. The van der Waals surface area contributed by atoms with Gasteiger partial charge in [-0.3, -0.25) is 0 Å². The minimum atomic E-state index is 0.204. The highest BCUT2D eigenvalue weighted by Crippen LogP contribution is 2.31. The van der Waals surface area contributed by atoms with Crippen molar-refractivity contribution in [1.29, 1.82) is 0 Å². The average Bonchev–Trinajstić information content (AvgIpc) is 2.33. The van der Waals surface area contributed by atoms with Crippen molar-refractivity contribution >= 4 is 5.69 Å². The maximum absolute atomic E-state index is 6.11. The van der Waals surface area contributed by atoms with Gasteiger partial charge in [0.05, 0.1) is 0 Å². The number of hydrogen-bond acceptors (Lipinski definition) is 3. The fourth-order valence-electron chi connectivity index (χ4n) is 2.29. The Morgan fingerprint density at radius 2 is 2.25 bits per heavy atom. The van der Waals surface area contributed by atoms with E-state index in [4.69, 9.17) is 10.5 Å². The van der Waals surface area contributed by atoms with E-state index in [0.29, 0.717) is 0 Å². The molecule has 0 fully saturated rings. The number of hydrogen-bond donors (Lipinski definition) is 1. The van der Waals surface area contributed by atoms with E-state index in [1.165, 1.54) is 11.3 Å². The van der Waals surface area contributed by atoms with Gasteiger partial charge in [0.15, 0.2) is 0 Å². The monoisotopic (exact) mass is 220 g/mol. The van der Waals surface area contributed by atoms with Crippen molar-refractivity contribution in [3.05, 3.63) is 29.8 Å². The van der Waals surface area contributed by atoms with Crippen LogP contribution in [0.1, 0.15) is 24.4 Å². The normalized spacial score (nSPS) is 19.6. The van der Waals surface area contributed by atoms with Crippen LogP contribution in [0, 0.1) is 0 Å². The minimum Gasteiger partial charge on any atom is -0.385 e. The van der Waals surface area contributed by atoms with Crippen LogP contribution in [0.2, 0.25) is 0 Å². The standard InChI is InChI=1S/C13H20N2O/c1-16-10-4-8-15-9-7-12(14)11-5-2-3-6-13(11)15/h2-3,5-6,12H,4,7-10,14H2,1H3. The molecule has 0 radical (unpaired) electrons. The van der Waals surface area contributed by atoms with E-state index < -0.39 is 0 Å². The average molecular weight is 220 g/mol. The molecule has 0 saturated heterocycles. The van der Waals surface area contributed by atoms with Gasteiger partial charge < -0.3 is 15.4 Å². The molecular formula is C13H20N2O. The summed E-state index contributed by atoms with van der Waals surface area (Å²) in [5.41, 5.74) is 8.70. The molecule has 0 spiro atoms. The molecule has 1 aromatic carbocycles. The lowest BCUT2D eigenvalue weighted by molar-refractivity contribution is 0.196. The van der Waals surface area contributed by atoms with Crippen LogP contribution in [0.15, 0.2) is 24.3 Å². The van der Waals surface area contributed by atoms with Crippen molar-refractivity contribution in [3.8, 4) is 0 Å². The maximum Gasteiger partial charge on any atom is 0.0479 e. The van der Waals surface area contributed by atoms with Crippen LogP contribution in [-0.2, 0) is 4.74 Å². The summed E-state index contributed by atoms with van der Waals surface area (Å²) in [4.78, 5) is 2.41. The summed E-state index contributed by atoms with van der Waals surface area (Å²) in [6.07, 6.45) is 2.12. The molecule has 0 aliphatic carbocycles. The molecule has 1 aliphatic heterocycles. The number of benzene rings is 1. The number of fused-ring (bicyclic) bond motifs is 1. The molecule has 2 N–H and O–H groups in total. The van der Waals surface area contributed by atoms with Crippen LogP contribution in [0.3, 0.4) is 0 Å². The first kappa shape index (κ1) is 11.4. The van der Waals surface area contributed by atoms with Crippen molar-refractivity contribution in [1.82, 2.24) is 0 Å². The second kappa shape index (κ2) is 5.32. The van der Waals surface area contributed by atoms with Crippen LogP contribution in [0.4, 0.5) is 5.69 Å². The summed E-state index contributed by atoms with van der Waals surface area (Å²) in [6.45, 7) is 2.93. The number of para-hydroxylation sites is 1. The second-order valence-corrected chi connectivity index (χ2v) is 4.29. The summed E-state index contributed by atoms with van der Waals surface area (Å²) in [7, 11) is 1.75. The van der Waals surface area contributed by atoms with E-state index in [1.54, 1.807) is 7.11 Å². The van der Waals surface area contributed by atoms with Crippen LogP contribution in [0.5, 0.6) is 0 Å². The topological polar surface area (TPSA) is 38.5 Å². The smallest absolute Gasteiger partial charge is 0.0479 e. The van der Waals surface area contributed by atoms with E-state index in [9.17, 15) is 0 Å². The Hall–Kier alpha value is -1.06. The van der Waals surface area contributed by atoms with E-state index in [-0.39, 0.29) is 6.04 Å². The molecule has 0 amide bonds. The lowest BCUT2D eigenvalue weighted by Gasteiger charge is -2.34. The van der Waals surface area contributed by atoms with Gasteiger partial charge in [-0.25, -0.2) is 0 Å². The summed E-state index contributed by atoms with van der Waals surface area (Å²) in [5.74, 6) is 0. The zero-order valence-electron chi connectivity index (χ0n) is 9.86. The molecule has 1 aromatic rings. The molecular weight excluding hydrogens is 200 g/mol. The van der Waals surface area contributed by atoms with Crippen LogP contribution < -0.4 is 10.6 Å². The quantitative estimate of drug-likeness (QED) is 0.788. The number of methoxy groups -OCH3 is 1. The summed E-state index contributed by atoms with van der Waals surface area (Å²) >= 11 is 0. The van der Waals surface area contributed by atoms with E-state index >= 15 is 0 Å². The molecule has 3 nitrogen and oxygen atoms in total. The first-order valence-electron chi connectivity index (χ1n) is 5.91. The van der Waals surface area contributed by atoms with Gasteiger partial charge in [-0.2, -0.15) is 0 Å². The van der Waals surface area contributed by atoms with Gasteiger partial charge in [-0.15, -0.1) is 0 Å². The van der Waals surface area contributed by atoms with Crippen molar-refractivity contribution in [2.45, 2.75) is 18.9 Å². The molecule has 16 heavy (non-hydrogen) atoms. The molecule has 1 aliphatic rings. The largest absolute Gasteiger partial charge is 0.385 e. The van der Waals surface area contributed by atoms with Crippen molar-refractivity contribution in [3.63, 3.8) is 0 Å². The number of anilines is 1. The lowest BCUT2D eigenvalue weighted by atomic mass is 9.97. The fourth-order valence-corrected chi connectivity index (χ4v) is 2.29. The zero-order chi connectivity index (χ0) is 11.4. The molecule has 1 unspecified atom stereocenters. The molecule has 1 atom stereocenters. The highest BCUT2D eigenvalue weighted by molar-refractivity contribution is 5.56. The van der Waals surface area contributed by atoms with Gasteiger partial charge >= 0.3 is 0 Å². The fraction of sp³-hybridized carbons (Fsp3) is 0.538. The highest BCUT2D eigenvalue weighted by Gasteiger charge is 2.21. The zero-order valence-corrected chi connectivity index (χ0v) is 9.86. The molecule has 2 rings (SSSR count). The van der Waals surface area contributed by atoms with Gasteiger partial charge in [-0.05, 0) is 24.5 Å². The van der Waals surface area contributed by atoms with E-state index in [2.05, 4.69) is 29.2 Å². The van der Waals surface area contributed by atoms with Gasteiger partial charge in [0.25, 0.3) is 0 Å². The summed E-state index contributed by atoms with van der Waals surface area (Å²) in [6, 6.07) is 8.66. The molecule has 3 heteroatoms.